The van der Waals surface area contributed by atoms with E-state index in [0.717, 1.165) is 11.1 Å². The highest BCUT2D eigenvalue weighted by atomic mass is 16.4. The number of carbonyl (C=O) groups is 1. The number of carboxylic acid groups (broad SMARTS) is 1. The molecule has 0 aliphatic carbocycles. The van der Waals surface area contributed by atoms with Crippen LogP contribution in [0.5, 0.6) is 5.75 Å². The minimum Gasteiger partial charge on any atom is -0.507 e. The molecule has 0 spiro atoms. The zero-order valence-electron chi connectivity index (χ0n) is 10.1. The van der Waals surface area contributed by atoms with Gasteiger partial charge >= 0.3 is 5.97 Å². The van der Waals surface area contributed by atoms with Crippen molar-refractivity contribution in [1.82, 2.24) is 0 Å². The van der Waals surface area contributed by atoms with E-state index < -0.39 is 11.9 Å². The first-order valence-electron chi connectivity index (χ1n) is 5.41. The summed E-state index contributed by atoms with van der Waals surface area (Å²) >= 11 is 0. The summed E-state index contributed by atoms with van der Waals surface area (Å²) in [5, 5.41) is 19.1. The fraction of sp³-hybridized carbons (Fsp3) is 0.462. The number of carboxylic acids is 1. The Morgan fingerprint density at radius 1 is 1.25 bits per heavy atom. The van der Waals surface area contributed by atoms with E-state index >= 15 is 0 Å². The van der Waals surface area contributed by atoms with E-state index in [-0.39, 0.29) is 11.7 Å². The van der Waals surface area contributed by atoms with E-state index in [9.17, 15) is 9.90 Å². The molecule has 0 aliphatic rings. The van der Waals surface area contributed by atoms with Gasteiger partial charge in [-0.3, -0.25) is 4.79 Å². The van der Waals surface area contributed by atoms with Crippen LogP contribution in [0.3, 0.4) is 0 Å². The van der Waals surface area contributed by atoms with Crippen LogP contribution in [0, 0.1) is 6.92 Å². The van der Waals surface area contributed by atoms with E-state index in [4.69, 9.17) is 5.11 Å². The van der Waals surface area contributed by atoms with Gasteiger partial charge in [0, 0.05) is 5.56 Å². The third-order valence-electron chi connectivity index (χ3n) is 2.89. The van der Waals surface area contributed by atoms with Crippen molar-refractivity contribution in [3.63, 3.8) is 0 Å². The summed E-state index contributed by atoms with van der Waals surface area (Å²) in [7, 11) is 0. The molecule has 3 heteroatoms. The molecule has 1 aromatic rings. The van der Waals surface area contributed by atoms with Gasteiger partial charge in [0.05, 0.1) is 5.92 Å². The van der Waals surface area contributed by atoms with E-state index in [2.05, 4.69) is 0 Å². The van der Waals surface area contributed by atoms with Gasteiger partial charge in [0.1, 0.15) is 5.75 Å². The van der Waals surface area contributed by atoms with Crippen LogP contribution in [0.25, 0.3) is 0 Å². The second kappa shape index (κ2) is 4.56. The molecule has 0 radical (unpaired) electrons. The van der Waals surface area contributed by atoms with Crippen LogP contribution in [0.1, 0.15) is 49.3 Å². The molecule has 0 amide bonds. The van der Waals surface area contributed by atoms with Gasteiger partial charge in [-0.25, -0.2) is 0 Å². The normalized spacial score (nSPS) is 12.8. The molecule has 0 bridgehead atoms. The van der Waals surface area contributed by atoms with E-state index in [1.54, 1.807) is 6.92 Å². The molecule has 1 rings (SSSR count). The summed E-state index contributed by atoms with van der Waals surface area (Å²) in [5.41, 5.74) is 2.14. The Morgan fingerprint density at radius 3 is 2.25 bits per heavy atom. The molecule has 0 aromatic heterocycles. The maximum Gasteiger partial charge on any atom is 0.310 e. The molecule has 1 atom stereocenters. The van der Waals surface area contributed by atoms with Gasteiger partial charge in [0.2, 0.25) is 0 Å². The van der Waals surface area contributed by atoms with E-state index in [1.165, 1.54) is 0 Å². The van der Waals surface area contributed by atoms with Gasteiger partial charge in [-0.15, -0.1) is 0 Å². The predicted molar refractivity (Wildman–Crippen MR) is 63.0 cm³/mol. The summed E-state index contributed by atoms with van der Waals surface area (Å²) < 4.78 is 0. The Balaban J connectivity index is 3.37. The van der Waals surface area contributed by atoms with Gasteiger partial charge in [-0.05, 0) is 30.9 Å². The number of aromatic hydroxyl groups is 1. The molecule has 3 nitrogen and oxygen atoms in total. The Bertz CT molecular complexity index is 408. The molecule has 0 fully saturated rings. The number of rotatable bonds is 3. The third-order valence-corrected chi connectivity index (χ3v) is 2.89. The van der Waals surface area contributed by atoms with Crippen LogP contribution in [0.2, 0.25) is 0 Å². The number of aryl methyl sites for hydroxylation is 1. The number of aliphatic carboxylic acids is 1. The molecule has 0 aliphatic heterocycles. The highest BCUT2D eigenvalue weighted by Crippen LogP contribution is 2.35. The van der Waals surface area contributed by atoms with Crippen LogP contribution in [-0.2, 0) is 4.79 Å². The van der Waals surface area contributed by atoms with Crippen molar-refractivity contribution < 1.29 is 15.0 Å². The summed E-state index contributed by atoms with van der Waals surface area (Å²) in [4.78, 5) is 11.0. The quantitative estimate of drug-likeness (QED) is 0.826. The summed E-state index contributed by atoms with van der Waals surface area (Å²) in [5.74, 6) is -1.29. The molecular weight excluding hydrogens is 204 g/mol. The van der Waals surface area contributed by atoms with Crippen molar-refractivity contribution in [2.45, 2.75) is 39.5 Å². The average Bonchev–Trinajstić information content (AvgIpc) is 2.16. The SMILES string of the molecule is Cc1ccc(C(C)C)c(O)c1C(C)C(=O)O. The van der Waals surface area contributed by atoms with Crippen LogP contribution >= 0.6 is 0 Å². The minimum absolute atomic E-state index is 0.130. The van der Waals surface area contributed by atoms with Crippen LogP contribution < -0.4 is 0 Å². The first-order chi connectivity index (χ1) is 7.36. The van der Waals surface area contributed by atoms with Crippen molar-refractivity contribution in [2.75, 3.05) is 0 Å². The smallest absolute Gasteiger partial charge is 0.310 e. The average molecular weight is 222 g/mol. The van der Waals surface area contributed by atoms with Crippen molar-refractivity contribution in [3.8, 4) is 5.75 Å². The van der Waals surface area contributed by atoms with Crippen LogP contribution in [0.4, 0.5) is 0 Å². The lowest BCUT2D eigenvalue weighted by molar-refractivity contribution is -0.138. The highest BCUT2D eigenvalue weighted by molar-refractivity contribution is 5.77. The third kappa shape index (κ3) is 2.18. The summed E-state index contributed by atoms with van der Waals surface area (Å²) in [6.07, 6.45) is 0. The number of phenolic OH excluding ortho intramolecular Hbond substituents is 1. The lowest BCUT2D eigenvalue weighted by Gasteiger charge is -2.17. The standard InChI is InChI=1S/C13H18O3/c1-7(2)10-6-5-8(3)11(12(10)14)9(4)13(15)16/h5-7,9,14H,1-4H3,(H,15,16). The number of benzene rings is 1. The Hall–Kier alpha value is -1.51. The Labute approximate surface area is 95.7 Å². The predicted octanol–water partition coefficient (Wildman–Crippen LogP) is 3.01. The monoisotopic (exact) mass is 222 g/mol. The van der Waals surface area contributed by atoms with E-state index in [0.29, 0.717) is 5.56 Å². The molecular formula is C13H18O3. The Morgan fingerprint density at radius 2 is 1.81 bits per heavy atom. The molecule has 0 saturated heterocycles. The van der Waals surface area contributed by atoms with Gasteiger partial charge in [0.15, 0.2) is 0 Å². The van der Waals surface area contributed by atoms with E-state index in [1.807, 2.05) is 32.9 Å². The Kier molecular flexibility index (Phi) is 3.58. The molecule has 0 heterocycles. The first kappa shape index (κ1) is 12.6. The first-order valence-corrected chi connectivity index (χ1v) is 5.41. The molecule has 1 aromatic carbocycles. The largest absolute Gasteiger partial charge is 0.507 e. The lowest BCUT2D eigenvalue weighted by atomic mass is 9.90. The molecule has 1 unspecified atom stereocenters. The maximum atomic E-state index is 11.0. The van der Waals surface area contributed by atoms with Crippen molar-refractivity contribution in [2.24, 2.45) is 0 Å². The van der Waals surface area contributed by atoms with Gasteiger partial charge in [0.25, 0.3) is 0 Å². The second-order valence-corrected chi connectivity index (χ2v) is 4.45. The van der Waals surface area contributed by atoms with Gasteiger partial charge in [-0.1, -0.05) is 26.0 Å². The highest BCUT2D eigenvalue weighted by Gasteiger charge is 2.22. The number of hydrogen-bond donors (Lipinski definition) is 2. The maximum absolute atomic E-state index is 11.0. The van der Waals surface area contributed by atoms with Crippen molar-refractivity contribution >= 4 is 5.97 Å². The fourth-order valence-corrected chi connectivity index (χ4v) is 1.86. The minimum atomic E-state index is -0.917. The lowest BCUT2D eigenvalue weighted by Crippen LogP contribution is -2.10. The van der Waals surface area contributed by atoms with Crippen LogP contribution in [0.15, 0.2) is 12.1 Å². The van der Waals surface area contributed by atoms with Crippen molar-refractivity contribution in [1.29, 1.82) is 0 Å². The van der Waals surface area contributed by atoms with Crippen LogP contribution in [-0.4, -0.2) is 16.2 Å². The second-order valence-electron chi connectivity index (χ2n) is 4.45. The zero-order chi connectivity index (χ0) is 12.5. The van der Waals surface area contributed by atoms with Gasteiger partial charge < -0.3 is 10.2 Å². The molecule has 16 heavy (non-hydrogen) atoms. The fourth-order valence-electron chi connectivity index (χ4n) is 1.86. The molecule has 0 saturated carbocycles. The summed E-state index contributed by atoms with van der Waals surface area (Å²) in [6, 6.07) is 3.72. The topological polar surface area (TPSA) is 57.5 Å². The summed E-state index contributed by atoms with van der Waals surface area (Å²) in [6.45, 7) is 7.35. The van der Waals surface area contributed by atoms with Gasteiger partial charge in [-0.2, -0.15) is 0 Å². The molecule has 88 valence electrons. The number of hydrogen-bond acceptors (Lipinski definition) is 2. The number of phenols is 1. The zero-order valence-corrected chi connectivity index (χ0v) is 10.1. The van der Waals surface area contributed by atoms with Crippen molar-refractivity contribution in [3.05, 3.63) is 28.8 Å². The molecule has 2 N–H and O–H groups in total.